The van der Waals surface area contributed by atoms with Gasteiger partial charge in [0, 0.05) is 0 Å². The van der Waals surface area contributed by atoms with E-state index in [9.17, 15) is 4.39 Å². The summed E-state index contributed by atoms with van der Waals surface area (Å²) >= 11 is 0. The van der Waals surface area contributed by atoms with Crippen LogP contribution in [0.3, 0.4) is 0 Å². The molecule has 1 nitrogen and oxygen atoms in total. The molecule has 0 rings (SSSR count). The number of nitrogens with one attached hydrogen (secondary N) is 1. The first-order valence-electron chi connectivity index (χ1n) is 7.91. The zero-order valence-corrected chi connectivity index (χ0v) is 13.2. The van der Waals surface area contributed by atoms with Gasteiger partial charge < -0.3 is 5.32 Å². The summed E-state index contributed by atoms with van der Waals surface area (Å²) in [5, 5.41) is 2.75. The molecule has 1 unspecified atom stereocenters. The Morgan fingerprint density at radius 2 is 1.11 bits per heavy atom. The predicted octanol–water partition coefficient (Wildman–Crippen LogP) is 5.49. The van der Waals surface area contributed by atoms with E-state index in [4.69, 9.17) is 0 Å². The lowest BCUT2D eigenvalue weighted by Crippen LogP contribution is -1.91. The van der Waals surface area contributed by atoms with Crippen molar-refractivity contribution in [1.82, 2.24) is 5.32 Å². The molecular formula is C16H36FN. The normalized spacial score (nSPS) is 11.8. The lowest BCUT2D eigenvalue weighted by molar-refractivity contribution is 0.329. The molecule has 0 aromatic rings. The molecule has 0 bridgehead atoms. The van der Waals surface area contributed by atoms with Gasteiger partial charge in [0.2, 0.25) is 0 Å². The van der Waals surface area contributed by atoms with Crippen molar-refractivity contribution in [2.75, 3.05) is 14.1 Å². The number of hydrogen-bond donors (Lipinski definition) is 1. The highest BCUT2D eigenvalue weighted by molar-refractivity contribution is 4.50. The van der Waals surface area contributed by atoms with Crippen molar-refractivity contribution in [3.8, 4) is 0 Å². The molecule has 0 aromatic carbocycles. The van der Waals surface area contributed by atoms with Crippen molar-refractivity contribution in [2.24, 2.45) is 0 Å². The molecule has 0 radical (unpaired) electrons. The maximum atomic E-state index is 12.4. The van der Waals surface area contributed by atoms with Crippen LogP contribution >= 0.6 is 0 Å². The van der Waals surface area contributed by atoms with Gasteiger partial charge in [0.05, 0.1) is 6.17 Å². The Morgan fingerprint density at radius 3 is 1.44 bits per heavy atom. The predicted molar refractivity (Wildman–Crippen MR) is 82.0 cm³/mol. The highest BCUT2D eigenvalue weighted by atomic mass is 19.1. The molecule has 112 valence electrons. The molecule has 0 spiro atoms. The molecule has 0 saturated heterocycles. The number of halogens is 1. The Morgan fingerprint density at radius 1 is 0.778 bits per heavy atom. The summed E-state index contributed by atoms with van der Waals surface area (Å²) in [7, 11) is 3.75. The van der Waals surface area contributed by atoms with Crippen LogP contribution in [0.4, 0.5) is 4.39 Å². The molecule has 0 aromatic heterocycles. The van der Waals surface area contributed by atoms with Gasteiger partial charge >= 0.3 is 0 Å². The van der Waals surface area contributed by atoms with Gasteiger partial charge in [-0.3, -0.25) is 0 Å². The first-order chi connectivity index (χ1) is 8.68. The number of rotatable bonds is 11. The summed E-state index contributed by atoms with van der Waals surface area (Å²) < 4.78 is 12.4. The summed E-state index contributed by atoms with van der Waals surface area (Å²) in [6, 6.07) is 0. The Hall–Kier alpha value is -0.110. The van der Waals surface area contributed by atoms with Crippen LogP contribution in [0, 0.1) is 0 Å². The van der Waals surface area contributed by atoms with Gasteiger partial charge in [0.25, 0.3) is 0 Å². The van der Waals surface area contributed by atoms with Gasteiger partial charge in [0.1, 0.15) is 0 Å². The number of unbranched alkanes of at least 4 members (excludes halogenated alkanes) is 9. The van der Waals surface area contributed by atoms with Gasteiger partial charge in [-0.25, -0.2) is 4.39 Å². The summed E-state index contributed by atoms with van der Waals surface area (Å²) in [6.07, 6.45) is 13.5. The quantitative estimate of drug-likeness (QED) is 0.485. The van der Waals surface area contributed by atoms with E-state index < -0.39 is 6.17 Å². The Labute approximate surface area is 115 Å². The maximum absolute atomic E-state index is 12.4. The molecular weight excluding hydrogens is 225 g/mol. The first-order valence-corrected chi connectivity index (χ1v) is 7.91. The second-order valence-corrected chi connectivity index (χ2v) is 5.25. The second kappa shape index (κ2) is 19.2. The molecule has 0 heterocycles. The van der Waals surface area contributed by atoms with E-state index in [-0.39, 0.29) is 0 Å². The fourth-order valence-electron chi connectivity index (χ4n) is 1.91. The third kappa shape index (κ3) is 24.9. The average Bonchev–Trinajstić information content (AvgIpc) is 2.32. The minimum Gasteiger partial charge on any atom is -0.323 e. The van der Waals surface area contributed by atoms with Gasteiger partial charge in [-0.2, -0.15) is 0 Å². The van der Waals surface area contributed by atoms with Crippen LogP contribution in [-0.4, -0.2) is 20.3 Å². The summed E-state index contributed by atoms with van der Waals surface area (Å²) in [6.45, 7) is 3.92. The van der Waals surface area contributed by atoms with Crippen molar-refractivity contribution in [1.29, 1.82) is 0 Å². The minimum absolute atomic E-state index is 0.598. The van der Waals surface area contributed by atoms with Crippen molar-refractivity contribution < 1.29 is 4.39 Å². The Bertz CT molecular complexity index is 126. The van der Waals surface area contributed by atoms with E-state index in [1.54, 1.807) is 6.92 Å². The average molecular weight is 261 g/mol. The number of alkyl halides is 1. The van der Waals surface area contributed by atoms with Crippen molar-refractivity contribution >= 4 is 0 Å². The minimum atomic E-state index is -0.598. The lowest BCUT2D eigenvalue weighted by Gasteiger charge is -2.02. The Kier molecular flexibility index (Phi) is 21.6. The molecule has 0 aliphatic rings. The summed E-state index contributed by atoms with van der Waals surface area (Å²) in [5.74, 6) is 0. The second-order valence-electron chi connectivity index (χ2n) is 5.25. The van der Waals surface area contributed by atoms with Crippen LogP contribution in [-0.2, 0) is 0 Å². The Balaban J connectivity index is 0. The lowest BCUT2D eigenvalue weighted by atomic mass is 10.1. The van der Waals surface area contributed by atoms with Crippen LogP contribution in [0.15, 0.2) is 0 Å². The third-order valence-corrected chi connectivity index (χ3v) is 2.96. The smallest absolute Gasteiger partial charge is 0.0973 e. The monoisotopic (exact) mass is 261 g/mol. The van der Waals surface area contributed by atoms with Crippen LogP contribution in [0.2, 0.25) is 0 Å². The maximum Gasteiger partial charge on any atom is 0.0973 e. The van der Waals surface area contributed by atoms with Gasteiger partial charge in [-0.1, -0.05) is 71.1 Å². The molecule has 1 N–H and O–H groups in total. The molecule has 2 heteroatoms. The van der Waals surface area contributed by atoms with Crippen molar-refractivity contribution in [3.05, 3.63) is 0 Å². The van der Waals surface area contributed by atoms with Gasteiger partial charge in [0.15, 0.2) is 0 Å². The van der Waals surface area contributed by atoms with E-state index in [0.717, 1.165) is 12.8 Å². The first kappa shape index (κ1) is 20.2. The van der Waals surface area contributed by atoms with Crippen LogP contribution < -0.4 is 5.32 Å². The number of hydrogen-bond acceptors (Lipinski definition) is 1. The molecule has 18 heavy (non-hydrogen) atoms. The van der Waals surface area contributed by atoms with E-state index in [2.05, 4.69) is 12.2 Å². The van der Waals surface area contributed by atoms with E-state index in [0.29, 0.717) is 0 Å². The zero-order chi connectivity index (χ0) is 14.1. The SMILES string of the molecule is CCCCCCCCCCCCC(C)F.CNC. The van der Waals surface area contributed by atoms with E-state index in [1.807, 2.05) is 14.1 Å². The summed E-state index contributed by atoms with van der Waals surface area (Å²) in [4.78, 5) is 0. The topological polar surface area (TPSA) is 12.0 Å². The molecule has 0 fully saturated rings. The van der Waals surface area contributed by atoms with Crippen molar-refractivity contribution in [2.45, 2.75) is 90.6 Å². The fourth-order valence-corrected chi connectivity index (χ4v) is 1.91. The molecule has 0 aliphatic carbocycles. The van der Waals surface area contributed by atoms with E-state index >= 15 is 0 Å². The largest absolute Gasteiger partial charge is 0.323 e. The standard InChI is InChI=1S/C14H29F.C2H7N/c1-3-4-5-6-7-8-9-10-11-12-13-14(2)15;1-3-2/h14H,3-13H2,1-2H3;3H,1-2H3. The fraction of sp³-hybridized carbons (Fsp3) is 1.00. The molecule has 0 saturated carbocycles. The summed E-state index contributed by atoms with van der Waals surface area (Å²) in [5.41, 5.74) is 0. The van der Waals surface area contributed by atoms with Crippen LogP contribution in [0.25, 0.3) is 0 Å². The molecule has 0 amide bonds. The van der Waals surface area contributed by atoms with Crippen LogP contribution in [0.1, 0.15) is 84.5 Å². The highest BCUT2D eigenvalue weighted by Crippen LogP contribution is 2.12. The third-order valence-electron chi connectivity index (χ3n) is 2.96. The zero-order valence-electron chi connectivity index (χ0n) is 13.2. The highest BCUT2D eigenvalue weighted by Gasteiger charge is 1.97. The van der Waals surface area contributed by atoms with Crippen LogP contribution in [0.5, 0.6) is 0 Å². The van der Waals surface area contributed by atoms with Gasteiger partial charge in [-0.15, -0.1) is 0 Å². The molecule has 0 aliphatic heterocycles. The molecule has 1 atom stereocenters. The van der Waals surface area contributed by atoms with E-state index in [1.165, 1.54) is 57.8 Å². The van der Waals surface area contributed by atoms with Gasteiger partial charge in [-0.05, 0) is 27.4 Å². The van der Waals surface area contributed by atoms with Crippen molar-refractivity contribution in [3.63, 3.8) is 0 Å².